The zero-order chi connectivity index (χ0) is 16.7. The number of nitrogens with one attached hydrogen (secondary N) is 2. The van der Waals surface area contributed by atoms with E-state index in [2.05, 4.69) is 29.4 Å². The highest BCUT2D eigenvalue weighted by molar-refractivity contribution is 5.74. The molecule has 0 aromatic heterocycles. The molecule has 1 aromatic carbocycles. The minimum atomic E-state index is -0.373. The van der Waals surface area contributed by atoms with Gasteiger partial charge in [0.2, 0.25) is 0 Å². The van der Waals surface area contributed by atoms with Crippen LogP contribution in [-0.4, -0.2) is 48.3 Å². The molecule has 0 unspecified atom stereocenters. The summed E-state index contributed by atoms with van der Waals surface area (Å²) in [6.45, 7) is 7.16. The van der Waals surface area contributed by atoms with Crippen LogP contribution in [0.3, 0.4) is 0 Å². The average Bonchev–Trinajstić information content (AvgIpc) is 2.59. The van der Waals surface area contributed by atoms with Crippen LogP contribution < -0.4 is 10.6 Å². The molecule has 1 fully saturated rings. The van der Waals surface area contributed by atoms with Crippen LogP contribution >= 0.6 is 0 Å². The van der Waals surface area contributed by atoms with Gasteiger partial charge in [0.1, 0.15) is 0 Å². The third-order valence-electron chi connectivity index (χ3n) is 4.69. The number of amides is 2. The molecule has 0 radical (unpaired) electrons. The van der Waals surface area contributed by atoms with Crippen LogP contribution in [0.1, 0.15) is 38.3 Å². The van der Waals surface area contributed by atoms with Gasteiger partial charge in [0, 0.05) is 12.6 Å². The summed E-state index contributed by atoms with van der Waals surface area (Å²) in [5.41, 5.74) is 0.906. The lowest BCUT2D eigenvalue weighted by atomic mass is 9.98. The normalized spacial score (nSPS) is 19.1. The molecule has 1 aliphatic heterocycles. The van der Waals surface area contributed by atoms with Crippen LogP contribution in [0.15, 0.2) is 30.3 Å². The van der Waals surface area contributed by atoms with Gasteiger partial charge in [-0.25, -0.2) is 4.79 Å². The predicted octanol–water partition coefficient (Wildman–Crippen LogP) is 2.14. The Hall–Kier alpha value is -1.59. The number of rotatable bonds is 6. The second-order valence-electron chi connectivity index (χ2n) is 6.57. The molecule has 1 heterocycles. The van der Waals surface area contributed by atoms with E-state index in [1.165, 1.54) is 12.8 Å². The summed E-state index contributed by atoms with van der Waals surface area (Å²) in [6, 6.07) is 9.25. The summed E-state index contributed by atoms with van der Waals surface area (Å²) >= 11 is 0. The minimum Gasteiger partial charge on any atom is -0.394 e. The molecule has 1 aliphatic rings. The lowest BCUT2D eigenvalue weighted by molar-refractivity contribution is 0.144. The van der Waals surface area contributed by atoms with Crippen LogP contribution in [0.2, 0.25) is 0 Å². The Kier molecular flexibility index (Phi) is 6.86. The number of aliphatic hydroxyl groups excluding tert-OH is 1. The van der Waals surface area contributed by atoms with Gasteiger partial charge in [-0.3, -0.25) is 4.90 Å². The zero-order valence-electron chi connectivity index (χ0n) is 14.2. The van der Waals surface area contributed by atoms with Gasteiger partial charge in [-0.2, -0.15) is 0 Å². The molecular formula is C18H29N3O2. The van der Waals surface area contributed by atoms with E-state index in [-0.39, 0.29) is 18.7 Å². The van der Waals surface area contributed by atoms with Crippen LogP contribution in [0.4, 0.5) is 4.79 Å². The summed E-state index contributed by atoms with van der Waals surface area (Å²) in [6.07, 6.45) is 2.47. The number of urea groups is 1. The van der Waals surface area contributed by atoms with Crippen LogP contribution in [-0.2, 0) is 0 Å². The molecule has 3 N–H and O–H groups in total. The van der Waals surface area contributed by atoms with Crippen molar-refractivity contribution in [3.8, 4) is 0 Å². The highest BCUT2D eigenvalue weighted by Crippen LogP contribution is 2.17. The molecule has 5 heteroatoms. The fourth-order valence-electron chi connectivity index (χ4n) is 2.97. The first kappa shape index (κ1) is 17.8. The van der Waals surface area contributed by atoms with E-state index in [4.69, 9.17) is 0 Å². The van der Waals surface area contributed by atoms with Crippen molar-refractivity contribution in [1.29, 1.82) is 0 Å². The Labute approximate surface area is 139 Å². The number of aliphatic hydroxyl groups is 1. The molecule has 5 nitrogen and oxygen atoms in total. The quantitative estimate of drug-likeness (QED) is 0.753. The molecule has 1 aromatic rings. The van der Waals surface area contributed by atoms with Gasteiger partial charge in [0.05, 0.1) is 12.6 Å². The van der Waals surface area contributed by atoms with Crippen LogP contribution in [0.25, 0.3) is 0 Å². The number of piperidine rings is 1. The highest BCUT2D eigenvalue weighted by atomic mass is 16.3. The lowest BCUT2D eigenvalue weighted by Gasteiger charge is -2.35. The van der Waals surface area contributed by atoms with Gasteiger partial charge >= 0.3 is 6.03 Å². The third-order valence-corrected chi connectivity index (χ3v) is 4.69. The SMILES string of the molecule is CC1CCN([C@H](C)CNC(=O)N[C@H](CO)c2ccccc2)CC1. The van der Waals surface area contributed by atoms with E-state index >= 15 is 0 Å². The van der Waals surface area contributed by atoms with Gasteiger partial charge in [0.25, 0.3) is 0 Å². The Balaban J connectivity index is 1.75. The van der Waals surface area contributed by atoms with E-state index < -0.39 is 0 Å². The molecule has 23 heavy (non-hydrogen) atoms. The highest BCUT2D eigenvalue weighted by Gasteiger charge is 2.21. The van der Waals surface area contributed by atoms with Gasteiger partial charge in [-0.05, 0) is 44.3 Å². The maximum Gasteiger partial charge on any atom is 0.315 e. The van der Waals surface area contributed by atoms with Crippen molar-refractivity contribution in [3.05, 3.63) is 35.9 Å². The Morgan fingerprint density at radius 2 is 1.96 bits per heavy atom. The monoisotopic (exact) mass is 319 g/mol. The van der Waals surface area contributed by atoms with E-state index in [1.54, 1.807) is 0 Å². The summed E-state index contributed by atoms with van der Waals surface area (Å²) in [5, 5.41) is 15.2. The van der Waals surface area contributed by atoms with Gasteiger partial charge in [-0.15, -0.1) is 0 Å². The van der Waals surface area contributed by atoms with Crippen molar-refractivity contribution in [2.24, 2.45) is 5.92 Å². The minimum absolute atomic E-state index is 0.114. The number of benzene rings is 1. The number of hydrogen-bond donors (Lipinski definition) is 3. The number of likely N-dealkylation sites (tertiary alicyclic amines) is 1. The fraction of sp³-hybridized carbons (Fsp3) is 0.611. The van der Waals surface area contributed by atoms with Crippen LogP contribution in [0, 0.1) is 5.92 Å². The van der Waals surface area contributed by atoms with Crippen molar-refractivity contribution in [2.75, 3.05) is 26.2 Å². The van der Waals surface area contributed by atoms with Crippen molar-refractivity contribution in [3.63, 3.8) is 0 Å². The maximum atomic E-state index is 12.1. The second kappa shape index (κ2) is 8.89. The number of nitrogens with zero attached hydrogens (tertiary/aromatic N) is 1. The van der Waals surface area contributed by atoms with E-state index in [1.807, 2.05) is 30.3 Å². The fourth-order valence-corrected chi connectivity index (χ4v) is 2.97. The summed E-state index contributed by atoms with van der Waals surface area (Å²) in [7, 11) is 0. The number of carbonyl (C=O) groups excluding carboxylic acids is 1. The second-order valence-corrected chi connectivity index (χ2v) is 6.57. The first-order valence-corrected chi connectivity index (χ1v) is 8.54. The third kappa shape index (κ3) is 5.52. The lowest BCUT2D eigenvalue weighted by Crippen LogP contribution is -2.48. The standard InChI is InChI=1S/C18H29N3O2/c1-14-8-10-21(11-9-14)15(2)12-19-18(23)20-17(13-22)16-6-4-3-5-7-16/h3-7,14-15,17,22H,8-13H2,1-2H3,(H2,19,20,23)/t15-,17-/m1/s1. The molecule has 0 saturated carbocycles. The molecule has 0 bridgehead atoms. The van der Waals surface area contributed by atoms with Crippen LogP contribution in [0.5, 0.6) is 0 Å². The molecule has 2 atom stereocenters. The molecule has 0 aliphatic carbocycles. The summed E-state index contributed by atoms with van der Waals surface area (Å²) in [4.78, 5) is 14.5. The number of carbonyl (C=O) groups is 1. The Bertz CT molecular complexity index is 472. The Morgan fingerprint density at radius 1 is 1.30 bits per heavy atom. The molecule has 0 spiro atoms. The van der Waals surface area contributed by atoms with E-state index in [0.29, 0.717) is 12.6 Å². The average molecular weight is 319 g/mol. The maximum absolute atomic E-state index is 12.1. The molecule has 1 saturated heterocycles. The van der Waals surface area contributed by atoms with Crippen molar-refractivity contribution in [2.45, 2.75) is 38.8 Å². The topological polar surface area (TPSA) is 64.6 Å². The molecule has 2 amide bonds. The first-order valence-electron chi connectivity index (χ1n) is 8.54. The summed E-state index contributed by atoms with van der Waals surface area (Å²) < 4.78 is 0. The summed E-state index contributed by atoms with van der Waals surface area (Å²) in [5.74, 6) is 0.811. The van der Waals surface area contributed by atoms with Crippen molar-refractivity contribution in [1.82, 2.24) is 15.5 Å². The molecule has 2 rings (SSSR count). The van der Waals surface area contributed by atoms with E-state index in [9.17, 15) is 9.90 Å². The first-order chi connectivity index (χ1) is 11.1. The molecular weight excluding hydrogens is 290 g/mol. The van der Waals surface area contributed by atoms with Gasteiger partial charge in [-0.1, -0.05) is 37.3 Å². The molecule has 128 valence electrons. The van der Waals surface area contributed by atoms with E-state index in [0.717, 1.165) is 24.6 Å². The predicted molar refractivity (Wildman–Crippen MR) is 92.2 cm³/mol. The largest absolute Gasteiger partial charge is 0.394 e. The van der Waals surface area contributed by atoms with Gasteiger partial charge < -0.3 is 15.7 Å². The van der Waals surface area contributed by atoms with Crippen molar-refractivity contribution < 1.29 is 9.90 Å². The number of hydrogen-bond acceptors (Lipinski definition) is 3. The van der Waals surface area contributed by atoms with Gasteiger partial charge in [0.15, 0.2) is 0 Å². The smallest absolute Gasteiger partial charge is 0.315 e. The Morgan fingerprint density at radius 3 is 2.57 bits per heavy atom. The zero-order valence-corrected chi connectivity index (χ0v) is 14.2. The van der Waals surface area contributed by atoms with Crippen molar-refractivity contribution >= 4 is 6.03 Å².